The van der Waals surface area contributed by atoms with Gasteiger partial charge in [-0.3, -0.25) is 9.32 Å². The van der Waals surface area contributed by atoms with Crippen molar-refractivity contribution in [1.29, 1.82) is 0 Å². The second kappa shape index (κ2) is 10.1. The van der Waals surface area contributed by atoms with Gasteiger partial charge in [-0.1, -0.05) is 35.4 Å². The van der Waals surface area contributed by atoms with Crippen LogP contribution < -0.4 is 10.3 Å². The number of carbonyl (C=O) groups is 1. The maximum absolute atomic E-state index is 13.7. The maximum atomic E-state index is 13.7. The van der Waals surface area contributed by atoms with Gasteiger partial charge in [0.15, 0.2) is 10.8 Å². The molecule has 1 aliphatic rings. The molecule has 0 aliphatic heterocycles. The summed E-state index contributed by atoms with van der Waals surface area (Å²) in [5.41, 5.74) is 6.68. The number of aliphatic carboxylic acids is 1. The fourth-order valence-electron chi connectivity index (χ4n) is 3.60. The lowest BCUT2D eigenvalue weighted by molar-refractivity contribution is -0.140. The molecule has 2 heterocycles. The number of aromatic nitrogens is 4. The van der Waals surface area contributed by atoms with Crippen LogP contribution in [0, 0.1) is 5.92 Å². The molecule has 1 aromatic carbocycles. The third-order valence-corrected chi connectivity index (χ3v) is 8.25. The number of likely N-dealkylation sites (N-methyl/N-ethyl adjacent to an activating group) is 1. The number of carboxylic acids is 1. The summed E-state index contributed by atoms with van der Waals surface area (Å²) in [5, 5.41) is 10.1. The predicted octanol–water partition coefficient (Wildman–Crippen LogP) is 4.44. The number of rotatable bonds is 9. The molecule has 0 fully saturated rings. The SMILES string of the molecule is CC(C(=O)O)N(C)P(=O)(OC[C@@H]1C=C[C@H](n2cnc3c(Cl)nc(N)nc32)C1)Oc1ccc(Cl)cc1. The molecular weight excluding hydrogens is 518 g/mol. The molecule has 0 saturated heterocycles. The summed E-state index contributed by atoms with van der Waals surface area (Å²) < 4.78 is 28.1. The van der Waals surface area contributed by atoms with E-state index in [1.807, 2.05) is 16.7 Å². The van der Waals surface area contributed by atoms with Crippen molar-refractivity contribution in [3.63, 3.8) is 0 Å². The van der Waals surface area contributed by atoms with Crippen LogP contribution in [0.15, 0.2) is 42.7 Å². The molecule has 0 spiro atoms. The quantitative estimate of drug-likeness (QED) is 0.227. The molecule has 0 bridgehead atoms. The van der Waals surface area contributed by atoms with Crippen LogP contribution in [0.3, 0.4) is 0 Å². The molecule has 3 N–H and O–H groups in total. The fraction of sp³-hybridized carbons (Fsp3) is 0.333. The Kier molecular flexibility index (Phi) is 7.35. The number of nitrogens with two attached hydrogens (primary N) is 1. The van der Waals surface area contributed by atoms with Gasteiger partial charge in [0.25, 0.3) is 0 Å². The standard InChI is InChI=1S/C21H23Cl2N6O5P/c1-12(20(30)31)28(2)35(32,34-16-7-4-14(22)5-8-16)33-10-13-3-6-15(9-13)29-11-25-17-18(23)26-21(24)27-19(17)29/h3-8,11-13,15H,9-10H2,1-2H3,(H,30,31)(H2,24,26,27)/t12?,13-,15+,35?/m1/s1. The first-order valence-electron chi connectivity index (χ1n) is 10.6. The van der Waals surface area contributed by atoms with Crippen molar-refractivity contribution in [2.75, 3.05) is 19.4 Å². The summed E-state index contributed by atoms with van der Waals surface area (Å²) in [4.78, 5) is 24.0. The van der Waals surface area contributed by atoms with Gasteiger partial charge in [0.1, 0.15) is 17.3 Å². The van der Waals surface area contributed by atoms with E-state index in [4.69, 9.17) is 38.0 Å². The lowest BCUT2D eigenvalue weighted by atomic mass is 10.1. The molecule has 14 heteroatoms. The van der Waals surface area contributed by atoms with E-state index in [0.717, 1.165) is 4.67 Å². The minimum atomic E-state index is -4.04. The number of hydrogen-bond donors (Lipinski definition) is 2. The van der Waals surface area contributed by atoms with Crippen molar-refractivity contribution >= 4 is 54.0 Å². The highest BCUT2D eigenvalue weighted by Crippen LogP contribution is 2.53. The number of nitrogen functional groups attached to an aromatic ring is 1. The first-order chi connectivity index (χ1) is 16.6. The highest BCUT2D eigenvalue weighted by atomic mass is 35.5. The van der Waals surface area contributed by atoms with E-state index in [1.54, 1.807) is 18.5 Å². The molecule has 4 atom stereocenters. The van der Waals surface area contributed by atoms with Crippen LogP contribution >= 0.6 is 30.9 Å². The van der Waals surface area contributed by atoms with Gasteiger partial charge in [0, 0.05) is 10.9 Å². The monoisotopic (exact) mass is 540 g/mol. The molecule has 2 unspecified atom stereocenters. The second-order valence-electron chi connectivity index (χ2n) is 8.04. The van der Waals surface area contributed by atoms with Crippen molar-refractivity contribution in [2.24, 2.45) is 5.92 Å². The van der Waals surface area contributed by atoms with Gasteiger partial charge in [-0.25, -0.2) is 9.55 Å². The minimum Gasteiger partial charge on any atom is -0.480 e. The first-order valence-corrected chi connectivity index (χ1v) is 12.8. The number of benzene rings is 1. The van der Waals surface area contributed by atoms with E-state index in [1.165, 1.54) is 26.1 Å². The zero-order valence-corrected chi connectivity index (χ0v) is 21.2. The number of imidazole rings is 1. The summed E-state index contributed by atoms with van der Waals surface area (Å²) in [6.45, 7) is 1.43. The molecule has 2 aromatic heterocycles. The van der Waals surface area contributed by atoms with Crippen molar-refractivity contribution < 1.29 is 23.5 Å². The number of hydrogen-bond acceptors (Lipinski definition) is 8. The Morgan fingerprint density at radius 1 is 1.31 bits per heavy atom. The number of anilines is 1. The Balaban J connectivity index is 1.49. The van der Waals surface area contributed by atoms with E-state index in [9.17, 15) is 14.5 Å². The summed E-state index contributed by atoms with van der Waals surface area (Å²) in [6.07, 6.45) is 6.08. The highest BCUT2D eigenvalue weighted by molar-refractivity contribution is 7.51. The molecular formula is C21H23Cl2N6O5P. The normalized spacial score (nSPS) is 20.3. The summed E-state index contributed by atoms with van der Waals surface area (Å²) in [6, 6.07) is 4.98. The van der Waals surface area contributed by atoms with Gasteiger partial charge in [0.05, 0.1) is 19.0 Å². The van der Waals surface area contributed by atoms with Crippen LogP contribution in [0.1, 0.15) is 19.4 Å². The average Bonchev–Trinajstić information content (AvgIpc) is 3.45. The Morgan fingerprint density at radius 3 is 2.71 bits per heavy atom. The molecule has 186 valence electrons. The van der Waals surface area contributed by atoms with E-state index >= 15 is 0 Å². The van der Waals surface area contributed by atoms with Gasteiger partial charge in [-0.15, -0.1) is 0 Å². The predicted molar refractivity (Wildman–Crippen MR) is 132 cm³/mol. The lowest BCUT2D eigenvalue weighted by Crippen LogP contribution is -2.35. The molecule has 0 amide bonds. The van der Waals surface area contributed by atoms with Gasteiger partial charge in [-0.05, 0) is 44.7 Å². The van der Waals surface area contributed by atoms with E-state index in [2.05, 4.69) is 15.0 Å². The number of carboxylic acid groups (broad SMARTS) is 1. The van der Waals surface area contributed by atoms with Crippen LogP contribution in [-0.2, 0) is 13.9 Å². The van der Waals surface area contributed by atoms with Crippen LogP contribution in [0.25, 0.3) is 11.2 Å². The van der Waals surface area contributed by atoms with Crippen LogP contribution in [0.2, 0.25) is 10.2 Å². The van der Waals surface area contributed by atoms with E-state index in [0.29, 0.717) is 22.6 Å². The topological polar surface area (TPSA) is 146 Å². The molecule has 0 saturated carbocycles. The Morgan fingerprint density at radius 2 is 2.03 bits per heavy atom. The zero-order chi connectivity index (χ0) is 25.3. The van der Waals surface area contributed by atoms with Crippen molar-refractivity contribution in [2.45, 2.75) is 25.4 Å². The summed E-state index contributed by atoms with van der Waals surface area (Å²) >= 11 is 12.0. The molecule has 35 heavy (non-hydrogen) atoms. The molecule has 0 radical (unpaired) electrons. The molecule has 3 aromatic rings. The maximum Gasteiger partial charge on any atom is 0.461 e. The first kappa shape index (κ1) is 25.4. The number of nitrogens with zero attached hydrogens (tertiary/aromatic N) is 5. The third-order valence-electron chi connectivity index (χ3n) is 5.69. The Hall–Kier alpha value is -2.69. The smallest absolute Gasteiger partial charge is 0.461 e. The van der Waals surface area contributed by atoms with E-state index < -0.39 is 19.8 Å². The number of allylic oxidation sites excluding steroid dienone is 1. The zero-order valence-electron chi connectivity index (χ0n) is 18.8. The van der Waals surface area contributed by atoms with Crippen LogP contribution in [0.5, 0.6) is 5.75 Å². The van der Waals surface area contributed by atoms with Gasteiger partial charge in [0.2, 0.25) is 5.95 Å². The summed E-state index contributed by atoms with van der Waals surface area (Å²) in [5.74, 6) is -1.02. The fourth-order valence-corrected chi connectivity index (χ4v) is 5.60. The lowest BCUT2D eigenvalue weighted by Gasteiger charge is -2.30. The molecule has 1 aliphatic carbocycles. The van der Waals surface area contributed by atoms with Crippen LogP contribution in [-0.4, -0.2) is 55.0 Å². The second-order valence-corrected chi connectivity index (χ2v) is 10.8. The Bertz CT molecular complexity index is 1320. The third kappa shape index (κ3) is 5.44. The molecule has 11 nitrogen and oxygen atoms in total. The van der Waals surface area contributed by atoms with Gasteiger partial charge in [-0.2, -0.15) is 14.6 Å². The van der Waals surface area contributed by atoms with Gasteiger partial charge >= 0.3 is 13.7 Å². The minimum absolute atomic E-state index is 0.0268. The van der Waals surface area contributed by atoms with E-state index in [-0.39, 0.29) is 35.4 Å². The average molecular weight is 541 g/mol. The van der Waals surface area contributed by atoms with Crippen molar-refractivity contribution in [1.82, 2.24) is 24.2 Å². The Labute approximate surface area is 211 Å². The van der Waals surface area contributed by atoms with Crippen molar-refractivity contribution in [3.8, 4) is 5.75 Å². The van der Waals surface area contributed by atoms with Crippen LogP contribution in [0.4, 0.5) is 5.95 Å². The van der Waals surface area contributed by atoms with Gasteiger partial charge < -0.3 is 19.9 Å². The molecule has 4 rings (SSSR count). The summed E-state index contributed by atoms with van der Waals surface area (Å²) in [7, 11) is -2.66. The largest absolute Gasteiger partial charge is 0.480 e. The highest BCUT2D eigenvalue weighted by Gasteiger charge is 2.39. The van der Waals surface area contributed by atoms with Crippen molar-refractivity contribution in [3.05, 3.63) is 52.9 Å². The number of fused-ring (bicyclic) bond motifs is 1. The number of halogens is 2.